The molecule has 4 nitrogen and oxygen atoms in total. The molecule has 0 bridgehead atoms. The van der Waals surface area contributed by atoms with E-state index in [2.05, 4.69) is 34.5 Å². The highest BCUT2D eigenvalue weighted by atomic mass is 16.5. The number of rotatable bonds is 4. The molecule has 0 saturated carbocycles. The van der Waals surface area contributed by atoms with E-state index in [1.807, 2.05) is 0 Å². The van der Waals surface area contributed by atoms with Crippen LogP contribution in [0.15, 0.2) is 24.3 Å². The smallest absolute Gasteiger partial charge is 0.220 e. The van der Waals surface area contributed by atoms with Gasteiger partial charge >= 0.3 is 0 Å². The fourth-order valence-electron chi connectivity index (χ4n) is 4.44. The molecule has 124 valence electrons. The van der Waals surface area contributed by atoms with Crippen LogP contribution >= 0.6 is 0 Å². The minimum absolute atomic E-state index is 0.171. The molecule has 1 N–H and O–H groups in total. The molecule has 2 heterocycles. The molecule has 3 aliphatic rings. The second-order valence-electron chi connectivity index (χ2n) is 7.27. The van der Waals surface area contributed by atoms with Crippen LogP contribution in [0.2, 0.25) is 0 Å². The van der Waals surface area contributed by atoms with Crippen molar-refractivity contribution in [2.75, 3.05) is 26.3 Å². The maximum absolute atomic E-state index is 12.5. The predicted molar refractivity (Wildman–Crippen MR) is 89.3 cm³/mol. The van der Waals surface area contributed by atoms with Crippen molar-refractivity contribution in [3.63, 3.8) is 0 Å². The summed E-state index contributed by atoms with van der Waals surface area (Å²) in [5.74, 6) is 0.655. The molecule has 2 saturated heterocycles. The number of fused-ring (bicyclic) bond motifs is 1. The molecular weight excluding hydrogens is 288 g/mol. The van der Waals surface area contributed by atoms with E-state index in [1.165, 1.54) is 24.0 Å². The molecule has 2 aliphatic heterocycles. The zero-order chi connectivity index (χ0) is 15.6. The SMILES string of the molecule is O=C(CC1Cc2ccccc2C1)N[C@@H]1COC[C@H]1N1CCCC1. The fraction of sp³-hybridized carbons (Fsp3) is 0.632. The lowest BCUT2D eigenvalue weighted by atomic mass is 10.0. The molecular formula is C19H26N2O2. The monoisotopic (exact) mass is 314 g/mol. The third-order valence-electron chi connectivity index (χ3n) is 5.62. The highest BCUT2D eigenvalue weighted by molar-refractivity contribution is 5.77. The van der Waals surface area contributed by atoms with E-state index in [1.54, 1.807) is 0 Å². The third kappa shape index (κ3) is 3.29. The first-order valence-corrected chi connectivity index (χ1v) is 8.97. The first kappa shape index (κ1) is 15.2. The Morgan fingerprint density at radius 2 is 1.83 bits per heavy atom. The van der Waals surface area contributed by atoms with E-state index in [0.29, 0.717) is 25.0 Å². The van der Waals surface area contributed by atoms with Crippen LogP contribution < -0.4 is 5.32 Å². The summed E-state index contributed by atoms with van der Waals surface area (Å²) in [5.41, 5.74) is 2.84. The molecule has 4 heteroatoms. The number of nitrogens with one attached hydrogen (secondary N) is 1. The molecule has 1 aromatic rings. The Balaban J connectivity index is 1.30. The van der Waals surface area contributed by atoms with Gasteiger partial charge in [-0.2, -0.15) is 0 Å². The molecule has 23 heavy (non-hydrogen) atoms. The summed E-state index contributed by atoms with van der Waals surface area (Å²) in [7, 11) is 0. The quantitative estimate of drug-likeness (QED) is 0.921. The zero-order valence-electron chi connectivity index (χ0n) is 13.7. The van der Waals surface area contributed by atoms with Crippen LogP contribution in [-0.4, -0.2) is 49.2 Å². The highest BCUT2D eigenvalue weighted by Gasteiger charge is 2.35. The van der Waals surface area contributed by atoms with Crippen LogP contribution in [0.1, 0.15) is 30.4 Å². The molecule has 2 atom stereocenters. The third-order valence-corrected chi connectivity index (χ3v) is 5.62. The van der Waals surface area contributed by atoms with Crippen molar-refractivity contribution in [3.05, 3.63) is 35.4 Å². The van der Waals surface area contributed by atoms with Gasteiger partial charge in [-0.3, -0.25) is 9.69 Å². The van der Waals surface area contributed by atoms with Crippen LogP contribution in [0.3, 0.4) is 0 Å². The van der Waals surface area contributed by atoms with Gasteiger partial charge in [0.1, 0.15) is 0 Å². The van der Waals surface area contributed by atoms with Crippen molar-refractivity contribution in [2.24, 2.45) is 5.92 Å². The van der Waals surface area contributed by atoms with Crippen molar-refractivity contribution in [2.45, 2.75) is 44.2 Å². The number of hydrogen-bond acceptors (Lipinski definition) is 3. The van der Waals surface area contributed by atoms with Gasteiger partial charge in [-0.1, -0.05) is 24.3 Å². The second kappa shape index (κ2) is 6.62. The number of likely N-dealkylation sites (tertiary alicyclic amines) is 1. The Hall–Kier alpha value is -1.39. The van der Waals surface area contributed by atoms with Gasteiger partial charge in [0, 0.05) is 6.42 Å². The van der Waals surface area contributed by atoms with Gasteiger partial charge in [0.2, 0.25) is 5.91 Å². The van der Waals surface area contributed by atoms with E-state index in [-0.39, 0.29) is 11.9 Å². The maximum Gasteiger partial charge on any atom is 0.220 e. The molecule has 1 amide bonds. The average Bonchev–Trinajstić information content (AvgIpc) is 3.26. The van der Waals surface area contributed by atoms with Crippen LogP contribution in [0.4, 0.5) is 0 Å². The summed E-state index contributed by atoms with van der Waals surface area (Å²) in [6.07, 6.45) is 5.27. The van der Waals surface area contributed by atoms with Crippen LogP contribution in [0, 0.1) is 5.92 Å². The zero-order valence-corrected chi connectivity index (χ0v) is 13.7. The lowest BCUT2D eigenvalue weighted by Gasteiger charge is -2.28. The number of nitrogens with zero attached hydrogens (tertiary/aromatic N) is 1. The van der Waals surface area contributed by atoms with Gasteiger partial charge in [-0.25, -0.2) is 0 Å². The van der Waals surface area contributed by atoms with E-state index in [4.69, 9.17) is 4.74 Å². The van der Waals surface area contributed by atoms with E-state index in [9.17, 15) is 4.79 Å². The first-order chi connectivity index (χ1) is 11.3. The fourth-order valence-corrected chi connectivity index (χ4v) is 4.44. The van der Waals surface area contributed by atoms with Crippen molar-refractivity contribution < 1.29 is 9.53 Å². The maximum atomic E-state index is 12.5. The second-order valence-corrected chi connectivity index (χ2v) is 7.27. The van der Waals surface area contributed by atoms with Crippen molar-refractivity contribution in [1.29, 1.82) is 0 Å². The highest BCUT2D eigenvalue weighted by Crippen LogP contribution is 2.28. The summed E-state index contributed by atoms with van der Waals surface area (Å²) < 4.78 is 5.65. The molecule has 0 unspecified atom stereocenters. The molecule has 1 aliphatic carbocycles. The van der Waals surface area contributed by atoms with Crippen molar-refractivity contribution in [1.82, 2.24) is 10.2 Å². The van der Waals surface area contributed by atoms with E-state index >= 15 is 0 Å². The topological polar surface area (TPSA) is 41.6 Å². The summed E-state index contributed by atoms with van der Waals surface area (Å²) in [6.45, 7) is 3.73. The number of carbonyl (C=O) groups is 1. The predicted octanol–water partition coefficient (Wildman–Crippen LogP) is 1.77. The average molecular weight is 314 g/mol. The Kier molecular flexibility index (Phi) is 4.36. The van der Waals surface area contributed by atoms with Gasteiger partial charge in [0.25, 0.3) is 0 Å². The lowest BCUT2D eigenvalue weighted by molar-refractivity contribution is -0.123. The van der Waals surface area contributed by atoms with Gasteiger partial charge in [0.15, 0.2) is 0 Å². The number of benzene rings is 1. The minimum Gasteiger partial charge on any atom is -0.378 e. The normalized spacial score (nSPS) is 28.2. The van der Waals surface area contributed by atoms with Gasteiger partial charge in [-0.15, -0.1) is 0 Å². The molecule has 0 spiro atoms. The summed E-state index contributed by atoms with van der Waals surface area (Å²) >= 11 is 0. The molecule has 4 rings (SSSR count). The Morgan fingerprint density at radius 1 is 1.13 bits per heavy atom. The Labute approximate surface area is 138 Å². The summed E-state index contributed by atoms with van der Waals surface area (Å²) in [6, 6.07) is 9.13. The van der Waals surface area contributed by atoms with Crippen LogP contribution in [-0.2, 0) is 22.4 Å². The van der Waals surface area contributed by atoms with Crippen LogP contribution in [0.25, 0.3) is 0 Å². The van der Waals surface area contributed by atoms with Crippen LogP contribution in [0.5, 0.6) is 0 Å². The summed E-state index contributed by atoms with van der Waals surface area (Å²) in [5, 5.41) is 3.25. The molecule has 0 aromatic heterocycles. The Bertz CT molecular complexity index is 543. The molecule has 2 fully saturated rings. The number of ether oxygens (including phenoxy) is 1. The Morgan fingerprint density at radius 3 is 2.52 bits per heavy atom. The molecule has 0 radical (unpaired) electrons. The van der Waals surface area contributed by atoms with Crippen molar-refractivity contribution in [3.8, 4) is 0 Å². The van der Waals surface area contributed by atoms with E-state index in [0.717, 1.165) is 32.5 Å². The number of hydrogen-bond donors (Lipinski definition) is 1. The van der Waals surface area contributed by atoms with E-state index < -0.39 is 0 Å². The first-order valence-electron chi connectivity index (χ1n) is 8.97. The number of amides is 1. The van der Waals surface area contributed by atoms with Gasteiger partial charge < -0.3 is 10.1 Å². The largest absolute Gasteiger partial charge is 0.378 e. The minimum atomic E-state index is 0.171. The molecule has 1 aromatic carbocycles. The standard InChI is InChI=1S/C19H26N2O2/c22-19(11-14-9-15-5-1-2-6-16(15)10-14)20-17-12-23-13-18(17)21-7-3-4-8-21/h1-2,5-6,14,17-18H,3-4,7-13H2,(H,20,22)/t17-,18-/m1/s1. The summed E-state index contributed by atoms with van der Waals surface area (Å²) in [4.78, 5) is 15.0. The van der Waals surface area contributed by atoms with Gasteiger partial charge in [-0.05, 0) is 55.8 Å². The lowest BCUT2D eigenvalue weighted by Crippen LogP contribution is -2.50. The van der Waals surface area contributed by atoms with Gasteiger partial charge in [0.05, 0.1) is 25.3 Å². The van der Waals surface area contributed by atoms with Crippen molar-refractivity contribution >= 4 is 5.91 Å². The number of carbonyl (C=O) groups excluding carboxylic acids is 1.